The van der Waals surface area contributed by atoms with Crippen LogP contribution in [0.2, 0.25) is 0 Å². The van der Waals surface area contributed by atoms with Crippen molar-refractivity contribution in [3.05, 3.63) is 59.7 Å². The largest absolute Gasteiger partial charge is 0.349 e. The highest BCUT2D eigenvalue weighted by molar-refractivity contribution is 7.89. The Morgan fingerprint density at radius 2 is 1.48 bits per heavy atom. The van der Waals surface area contributed by atoms with Crippen molar-refractivity contribution < 1.29 is 18.0 Å². The van der Waals surface area contributed by atoms with Crippen molar-refractivity contribution in [3.8, 4) is 0 Å². The molecule has 3 rings (SSSR count). The van der Waals surface area contributed by atoms with Crippen LogP contribution in [0, 0.1) is 0 Å². The Bertz CT molecular complexity index is 1010. The van der Waals surface area contributed by atoms with Crippen LogP contribution in [0.3, 0.4) is 0 Å². The zero-order valence-corrected chi connectivity index (χ0v) is 18.7. The van der Waals surface area contributed by atoms with Crippen LogP contribution in [0.5, 0.6) is 0 Å². The molecule has 0 saturated heterocycles. The third-order valence-electron chi connectivity index (χ3n) is 5.49. The Hall–Kier alpha value is -2.71. The lowest BCUT2D eigenvalue weighted by molar-refractivity contribution is 0.0937. The van der Waals surface area contributed by atoms with Crippen LogP contribution < -0.4 is 15.4 Å². The molecule has 0 aromatic heterocycles. The number of nitrogens with one attached hydrogen (secondary N) is 3. The fourth-order valence-corrected chi connectivity index (χ4v) is 4.78. The Morgan fingerprint density at radius 1 is 0.935 bits per heavy atom. The number of amides is 2. The summed E-state index contributed by atoms with van der Waals surface area (Å²) in [5.74, 6) is -0.463. The highest BCUT2D eigenvalue weighted by Gasteiger charge is 2.19. The van der Waals surface area contributed by atoms with Gasteiger partial charge in [0.05, 0.1) is 4.90 Å². The fraction of sp³-hybridized carbons (Fsp3) is 0.391. The van der Waals surface area contributed by atoms with Crippen molar-refractivity contribution in [1.82, 2.24) is 10.0 Å². The van der Waals surface area contributed by atoms with Crippen LogP contribution >= 0.6 is 0 Å². The quantitative estimate of drug-likeness (QED) is 0.579. The molecule has 1 fully saturated rings. The molecule has 1 unspecified atom stereocenters. The monoisotopic (exact) mass is 443 g/mol. The molecule has 2 aromatic carbocycles. The summed E-state index contributed by atoms with van der Waals surface area (Å²) in [7, 11) is -3.61. The predicted octanol–water partition coefficient (Wildman–Crippen LogP) is 3.69. The molecule has 2 amide bonds. The lowest BCUT2D eigenvalue weighted by Crippen LogP contribution is -2.32. The van der Waals surface area contributed by atoms with Gasteiger partial charge in [-0.1, -0.05) is 19.8 Å². The van der Waals surface area contributed by atoms with Crippen molar-refractivity contribution >= 4 is 27.5 Å². The molecule has 7 nitrogen and oxygen atoms in total. The van der Waals surface area contributed by atoms with E-state index in [0.29, 0.717) is 23.2 Å². The summed E-state index contributed by atoms with van der Waals surface area (Å²) >= 11 is 0. The number of benzene rings is 2. The first-order valence-electron chi connectivity index (χ1n) is 10.6. The first-order valence-corrected chi connectivity index (χ1v) is 12.1. The predicted molar refractivity (Wildman–Crippen MR) is 121 cm³/mol. The van der Waals surface area contributed by atoms with E-state index in [1.54, 1.807) is 31.2 Å². The number of hydrogen-bond acceptors (Lipinski definition) is 4. The summed E-state index contributed by atoms with van der Waals surface area (Å²) < 4.78 is 27.2. The van der Waals surface area contributed by atoms with E-state index >= 15 is 0 Å². The number of anilines is 1. The molecule has 0 bridgehead atoms. The molecular formula is C23H29N3O4S. The maximum atomic E-state index is 12.5. The zero-order chi connectivity index (χ0) is 22.4. The third kappa shape index (κ3) is 6.15. The first kappa shape index (κ1) is 23.0. The minimum atomic E-state index is -3.61. The van der Waals surface area contributed by atoms with E-state index in [2.05, 4.69) is 15.4 Å². The minimum absolute atomic E-state index is 0.104. The zero-order valence-electron chi connectivity index (χ0n) is 17.9. The van der Waals surface area contributed by atoms with E-state index in [1.807, 2.05) is 6.92 Å². The molecule has 31 heavy (non-hydrogen) atoms. The van der Waals surface area contributed by atoms with Gasteiger partial charge in [0, 0.05) is 28.9 Å². The molecule has 2 aromatic rings. The normalized spacial score (nSPS) is 15.4. The first-order chi connectivity index (χ1) is 14.8. The van der Waals surface area contributed by atoms with Gasteiger partial charge in [-0.25, -0.2) is 13.1 Å². The SMILES string of the molecule is CCC(C)NS(=O)(=O)c1ccc(C(=O)Nc2ccc(C(=O)NC3CCCC3)cc2)cc1. The second kappa shape index (κ2) is 10.1. The molecule has 1 atom stereocenters. The highest BCUT2D eigenvalue weighted by Crippen LogP contribution is 2.19. The van der Waals surface area contributed by atoms with Crippen LogP contribution in [0.25, 0.3) is 0 Å². The van der Waals surface area contributed by atoms with Crippen LogP contribution in [-0.2, 0) is 10.0 Å². The summed E-state index contributed by atoms with van der Waals surface area (Å²) in [6, 6.07) is 12.6. The molecule has 3 N–H and O–H groups in total. The molecule has 1 aliphatic rings. The number of rotatable bonds is 8. The second-order valence-electron chi connectivity index (χ2n) is 7.94. The maximum absolute atomic E-state index is 12.5. The van der Waals surface area contributed by atoms with E-state index in [4.69, 9.17) is 0 Å². The maximum Gasteiger partial charge on any atom is 0.255 e. The van der Waals surface area contributed by atoms with Gasteiger partial charge in [-0.15, -0.1) is 0 Å². The van der Waals surface area contributed by atoms with Crippen molar-refractivity contribution in [3.63, 3.8) is 0 Å². The van der Waals surface area contributed by atoms with Crippen molar-refractivity contribution in [2.45, 2.75) is 62.9 Å². The molecule has 1 aliphatic carbocycles. The molecule has 1 saturated carbocycles. The van der Waals surface area contributed by atoms with Crippen LogP contribution in [0.4, 0.5) is 5.69 Å². The Labute approximate surface area is 183 Å². The Kier molecular flexibility index (Phi) is 7.46. The highest BCUT2D eigenvalue weighted by atomic mass is 32.2. The Morgan fingerprint density at radius 3 is 2.06 bits per heavy atom. The average molecular weight is 444 g/mol. The lowest BCUT2D eigenvalue weighted by atomic mass is 10.1. The standard InChI is InChI=1S/C23H29N3O4S/c1-3-16(2)26-31(29,30)21-14-10-18(11-15-21)23(28)25-20-12-8-17(9-13-20)22(27)24-19-6-4-5-7-19/h8-16,19,26H,3-7H2,1-2H3,(H,24,27)(H,25,28). The van der Waals surface area contributed by atoms with Gasteiger partial charge in [0.1, 0.15) is 0 Å². The van der Waals surface area contributed by atoms with Crippen LogP contribution in [0.1, 0.15) is 66.7 Å². The summed E-state index contributed by atoms with van der Waals surface area (Å²) in [6.07, 6.45) is 5.02. The summed E-state index contributed by atoms with van der Waals surface area (Å²) in [4.78, 5) is 24.9. The molecule has 0 radical (unpaired) electrons. The second-order valence-corrected chi connectivity index (χ2v) is 9.66. The fourth-order valence-electron chi connectivity index (χ4n) is 3.45. The molecule has 0 spiro atoms. The molecule has 166 valence electrons. The van der Waals surface area contributed by atoms with E-state index in [-0.39, 0.29) is 28.8 Å². The van der Waals surface area contributed by atoms with Gasteiger partial charge < -0.3 is 10.6 Å². The summed E-state index contributed by atoms with van der Waals surface area (Å²) in [5, 5.41) is 5.79. The topological polar surface area (TPSA) is 104 Å². The average Bonchev–Trinajstić information content (AvgIpc) is 3.27. The molecular weight excluding hydrogens is 414 g/mol. The van der Waals surface area contributed by atoms with E-state index < -0.39 is 10.0 Å². The number of carbonyl (C=O) groups excluding carboxylic acids is 2. The van der Waals surface area contributed by atoms with Crippen LogP contribution in [0.15, 0.2) is 53.4 Å². The van der Waals surface area contributed by atoms with E-state index in [1.165, 1.54) is 24.3 Å². The smallest absolute Gasteiger partial charge is 0.255 e. The van der Waals surface area contributed by atoms with E-state index in [0.717, 1.165) is 25.7 Å². The van der Waals surface area contributed by atoms with Gasteiger partial charge in [-0.05, 0) is 74.7 Å². The number of sulfonamides is 1. The van der Waals surface area contributed by atoms with Crippen molar-refractivity contribution in [2.24, 2.45) is 0 Å². The number of hydrogen-bond donors (Lipinski definition) is 3. The number of carbonyl (C=O) groups is 2. The summed E-state index contributed by atoms with van der Waals surface area (Å²) in [5.41, 5.74) is 1.44. The van der Waals surface area contributed by atoms with Crippen molar-refractivity contribution in [2.75, 3.05) is 5.32 Å². The third-order valence-corrected chi connectivity index (χ3v) is 7.10. The van der Waals surface area contributed by atoms with Gasteiger partial charge in [0.15, 0.2) is 0 Å². The molecule has 0 heterocycles. The van der Waals surface area contributed by atoms with Gasteiger partial charge in [0.25, 0.3) is 11.8 Å². The van der Waals surface area contributed by atoms with Crippen molar-refractivity contribution in [1.29, 1.82) is 0 Å². The lowest BCUT2D eigenvalue weighted by Gasteiger charge is -2.13. The summed E-state index contributed by atoms with van der Waals surface area (Å²) in [6.45, 7) is 3.69. The molecule has 0 aliphatic heterocycles. The van der Waals surface area contributed by atoms with Gasteiger partial charge in [-0.2, -0.15) is 0 Å². The van der Waals surface area contributed by atoms with Gasteiger partial charge in [0.2, 0.25) is 10.0 Å². The van der Waals surface area contributed by atoms with Crippen LogP contribution in [-0.4, -0.2) is 32.3 Å². The van der Waals surface area contributed by atoms with Gasteiger partial charge >= 0.3 is 0 Å². The Balaban J connectivity index is 1.60. The minimum Gasteiger partial charge on any atom is -0.349 e. The molecule has 8 heteroatoms. The van der Waals surface area contributed by atoms with Gasteiger partial charge in [-0.3, -0.25) is 9.59 Å². The van der Waals surface area contributed by atoms with E-state index in [9.17, 15) is 18.0 Å².